The van der Waals surface area contributed by atoms with Crippen molar-refractivity contribution in [2.75, 3.05) is 12.4 Å². The first-order chi connectivity index (χ1) is 10.5. The Bertz CT molecular complexity index is 595. The highest BCUT2D eigenvalue weighted by Crippen LogP contribution is 2.23. The van der Waals surface area contributed by atoms with Gasteiger partial charge >= 0.3 is 0 Å². The van der Waals surface area contributed by atoms with Crippen LogP contribution in [0.15, 0.2) is 40.8 Å². The number of aliphatic imine (C=N–C) groups is 2. The molecule has 1 N–H and O–H groups in total. The highest BCUT2D eigenvalue weighted by Gasteiger charge is 2.05. The summed E-state index contributed by atoms with van der Waals surface area (Å²) in [7, 11) is 1.77. The van der Waals surface area contributed by atoms with Crippen LogP contribution in [0.3, 0.4) is 0 Å². The van der Waals surface area contributed by atoms with Crippen LogP contribution in [0.1, 0.15) is 45.2 Å². The van der Waals surface area contributed by atoms with Crippen LogP contribution in [0.2, 0.25) is 0 Å². The highest BCUT2D eigenvalue weighted by molar-refractivity contribution is 6.10. The monoisotopic (exact) mass is 297 g/mol. The van der Waals surface area contributed by atoms with Crippen LogP contribution in [0.4, 0.5) is 5.69 Å². The Morgan fingerprint density at radius 3 is 2.68 bits per heavy atom. The molecule has 0 fully saturated rings. The molecule has 0 aliphatic carbocycles. The van der Waals surface area contributed by atoms with Crippen LogP contribution in [0.5, 0.6) is 0 Å². The topological polar surface area (TPSA) is 36.8 Å². The Morgan fingerprint density at radius 1 is 1.41 bits per heavy atom. The van der Waals surface area contributed by atoms with Crippen molar-refractivity contribution in [2.45, 2.75) is 40.2 Å². The predicted molar refractivity (Wildman–Crippen MR) is 101 cm³/mol. The quantitative estimate of drug-likeness (QED) is 0.578. The fourth-order valence-electron chi connectivity index (χ4n) is 1.90. The smallest absolute Gasteiger partial charge is 0.0972 e. The molecule has 0 aliphatic heterocycles. The Morgan fingerprint density at radius 2 is 2.14 bits per heavy atom. The van der Waals surface area contributed by atoms with Crippen LogP contribution >= 0.6 is 0 Å². The molecule has 1 unspecified atom stereocenters. The molecule has 118 valence electrons. The predicted octanol–water partition coefficient (Wildman–Crippen LogP) is 5.06. The molecule has 22 heavy (non-hydrogen) atoms. The van der Waals surface area contributed by atoms with Crippen molar-refractivity contribution in [2.24, 2.45) is 9.98 Å². The van der Waals surface area contributed by atoms with Gasteiger partial charge in [0, 0.05) is 25.0 Å². The number of nitrogens with one attached hydrogen (secondary N) is 1. The summed E-state index contributed by atoms with van der Waals surface area (Å²) in [5.74, 6) is 0.871. The summed E-state index contributed by atoms with van der Waals surface area (Å²) in [5.41, 5.74) is 4.31. The summed E-state index contributed by atoms with van der Waals surface area (Å²) in [6.07, 6.45) is 6.93. The van der Waals surface area contributed by atoms with E-state index in [1.807, 2.05) is 26.1 Å². The molecule has 0 aliphatic rings. The number of nitrogens with zero attached hydrogens (tertiary/aromatic N) is 2. The molecule has 1 rings (SSSR count). The molecule has 1 aromatic carbocycles. The van der Waals surface area contributed by atoms with Gasteiger partial charge in [0.2, 0.25) is 0 Å². The van der Waals surface area contributed by atoms with Crippen molar-refractivity contribution >= 4 is 29.4 Å². The second-order valence-corrected chi connectivity index (χ2v) is 5.22. The number of allylic oxidation sites excluding steroid dienone is 2. The van der Waals surface area contributed by atoms with E-state index in [2.05, 4.69) is 60.0 Å². The lowest BCUT2D eigenvalue weighted by atomic mass is 10.0. The Kier molecular flexibility index (Phi) is 7.30. The molecule has 0 saturated carbocycles. The molecule has 3 heteroatoms. The molecule has 1 atom stereocenters. The number of hydrogen-bond donors (Lipinski definition) is 1. The first-order valence-corrected chi connectivity index (χ1v) is 7.72. The molecule has 0 heterocycles. The Hall–Kier alpha value is -2.16. The fourth-order valence-corrected chi connectivity index (χ4v) is 1.90. The molecule has 0 aromatic heterocycles. The molecule has 0 spiro atoms. The summed E-state index contributed by atoms with van der Waals surface area (Å²) in [5, 5.41) is 3.31. The zero-order valence-electron chi connectivity index (χ0n) is 14.4. The summed E-state index contributed by atoms with van der Waals surface area (Å²) < 4.78 is 0. The molecular formula is C19H27N3. The van der Waals surface area contributed by atoms with Gasteiger partial charge in [-0.15, -0.1) is 0 Å². The third-order valence-electron chi connectivity index (χ3n) is 3.63. The maximum absolute atomic E-state index is 4.58. The van der Waals surface area contributed by atoms with Gasteiger partial charge in [-0.25, -0.2) is 0 Å². The van der Waals surface area contributed by atoms with E-state index in [1.165, 1.54) is 0 Å². The van der Waals surface area contributed by atoms with Gasteiger partial charge < -0.3 is 5.32 Å². The molecule has 3 nitrogen and oxygen atoms in total. The molecule has 0 radical (unpaired) electrons. The number of anilines is 1. The zero-order valence-corrected chi connectivity index (χ0v) is 14.4. The SMILES string of the molecule is C=Cc1ccc(/C(C=NC(C)CC)=C/C)cc1NC(C)=NC. The third kappa shape index (κ3) is 4.99. The van der Waals surface area contributed by atoms with Crippen molar-refractivity contribution in [3.63, 3.8) is 0 Å². The normalized spacial score (nSPS) is 14.2. The molecule has 1 aromatic rings. The largest absolute Gasteiger partial charge is 0.344 e. The summed E-state index contributed by atoms with van der Waals surface area (Å²) in [6, 6.07) is 6.62. The fraction of sp³-hybridized carbons (Fsp3) is 0.368. The van der Waals surface area contributed by atoms with Crippen molar-refractivity contribution in [1.82, 2.24) is 0 Å². The van der Waals surface area contributed by atoms with Crippen molar-refractivity contribution in [3.05, 3.63) is 42.0 Å². The van der Waals surface area contributed by atoms with Gasteiger partial charge in [-0.2, -0.15) is 0 Å². The molecular weight excluding hydrogens is 270 g/mol. The van der Waals surface area contributed by atoms with Crippen LogP contribution < -0.4 is 5.32 Å². The number of benzene rings is 1. The van der Waals surface area contributed by atoms with Crippen LogP contribution in [0, 0.1) is 0 Å². The van der Waals surface area contributed by atoms with Gasteiger partial charge in [-0.05, 0) is 50.0 Å². The third-order valence-corrected chi connectivity index (χ3v) is 3.63. The van der Waals surface area contributed by atoms with E-state index in [1.54, 1.807) is 7.05 Å². The average molecular weight is 297 g/mol. The van der Waals surface area contributed by atoms with E-state index < -0.39 is 0 Å². The lowest BCUT2D eigenvalue weighted by molar-refractivity contribution is 0.721. The Labute approximate surface area is 134 Å². The summed E-state index contributed by atoms with van der Waals surface area (Å²) in [6.45, 7) is 12.1. The standard InChI is InChI=1S/C19H27N3/c1-7-14(4)21-13-17(9-3)18-11-10-16(8-2)19(12-18)22-15(5)20-6/h8-14H,2,7H2,1,3-6H3,(H,20,22)/b17-9+,21-13?. The Balaban J connectivity index is 3.16. The van der Waals surface area contributed by atoms with Gasteiger partial charge in [-0.3, -0.25) is 9.98 Å². The van der Waals surface area contributed by atoms with E-state index in [9.17, 15) is 0 Å². The van der Waals surface area contributed by atoms with E-state index >= 15 is 0 Å². The first-order valence-electron chi connectivity index (χ1n) is 7.72. The van der Waals surface area contributed by atoms with Crippen LogP contribution in [-0.2, 0) is 0 Å². The van der Waals surface area contributed by atoms with Gasteiger partial charge in [0.05, 0.1) is 5.84 Å². The van der Waals surface area contributed by atoms with Crippen LogP contribution in [0.25, 0.3) is 11.6 Å². The average Bonchev–Trinajstić information content (AvgIpc) is 2.55. The van der Waals surface area contributed by atoms with Gasteiger partial charge in [-0.1, -0.05) is 37.8 Å². The van der Waals surface area contributed by atoms with E-state index in [-0.39, 0.29) is 0 Å². The number of amidine groups is 1. The second-order valence-electron chi connectivity index (χ2n) is 5.22. The van der Waals surface area contributed by atoms with E-state index in [4.69, 9.17) is 0 Å². The van der Waals surface area contributed by atoms with Crippen molar-refractivity contribution in [3.8, 4) is 0 Å². The maximum Gasteiger partial charge on any atom is 0.0972 e. The number of hydrogen-bond acceptors (Lipinski definition) is 2. The lowest BCUT2D eigenvalue weighted by Crippen LogP contribution is -2.08. The van der Waals surface area contributed by atoms with Crippen LogP contribution in [-0.4, -0.2) is 25.1 Å². The zero-order chi connectivity index (χ0) is 16.5. The van der Waals surface area contributed by atoms with E-state index in [0.29, 0.717) is 6.04 Å². The highest BCUT2D eigenvalue weighted by atomic mass is 15.0. The lowest BCUT2D eigenvalue weighted by Gasteiger charge is -2.12. The second kappa shape index (κ2) is 8.98. The summed E-state index contributed by atoms with van der Waals surface area (Å²) >= 11 is 0. The molecule has 0 saturated heterocycles. The van der Waals surface area contributed by atoms with Crippen molar-refractivity contribution in [1.29, 1.82) is 0 Å². The minimum Gasteiger partial charge on any atom is -0.344 e. The van der Waals surface area contributed by atoms with Gasteiger partial charge in [0.25, 0.3) is 0 Å². The number of rotatable bonds is 6. The first kappa shape index (κ1) is 17.9. The summed E-state index contributed by atoms with van der Waals surface area (Å²) in [4.78, 5) is 8.74. The van der Waals surface area contributed by atoms with E-state index in [0.717, 1.165) is 34.6 Å². The van der Waals surface area contributed by atoms with Gasteiger partial charge in [0.1, 0.15) is 0 Å². The minimum atomic E-state index is 0.342. The maximum atomic E-state index is 4.58. The van der Waals surface area contributed by atoms with Crippen molar-refractivity contribution < 1.29 is 0 Å². The van der Waals surface area contributed by atoms with Gasteiger partial charge in [0.15, 0.2) is 0 Å². The minimum absolute atomic E-state index is 0.342. The molecule has 0 bridgehead atoms. The molecule has 0 amide bonds.